The summed E-state index contributed by atoms with van der Waals surface area (Å²) in [6, 6.07) is 15.1. The van der Waals surface area contributed by atoms with Gasteiger partial charge < -0.3 is 15.5 Å². The molecule has 6 nitrogen and oxygen atoms in total. The van der Waals surface area contributed by atoms with E-state index >= 15 is 0 Å². The smallest absolute Gasteiger partial charge is 0.248 e. The second-order valence-electron chi connectivity index (χ2n) is 8.00. The van der Waals surface area contributed by atoms with Crippen LogP contribution in [0.4, 0.5) is 5.69 Å². The predicted octanol–water partition coefficient (Wildman–Crippen LogP) is 2.64. The number of hydrogen-bond donors (Lipinski definition) is 1. The summed E-state index contributed by atoms with van der Waals surface area (Å²) in [7, 11) is 0. The highest BCUT2D eigenvalue weighted by Crippen LogP contribution is 2.33. The minimum absolute atomic E-state index is 0.00578. The second-order valence-corrected chi connectivity index (χ2v) is 8.00. The minimum atomic E-state index is -0.465. The Hall–Kier alpha value is -3.15. The summed E-state index contributed by atoms with van der Waals surface area (Å²) in [6.07, 6.45) is 2.23. The molecule has 1 aliphatic carbocycles. The summed E-state index contributed by atoms with van der Waals surface area (Å²) in [4.78, 5) is 40.7. The number of carbonyl (C=O) groups excluding carboxylic acids is 3. The molecule has 6 heteroatoms. The van der Waals surface area contributed by atoms with Crippen molar-refractivity contribution in [2.75, 3.05) is 11.4 Å². The highest BCUT2D eigenvalue weighted by Gasteiger charge is 2.41. The van der Waals surface area contributed by atoms with E-state index < -0.39 is 5.91 Å². The third-order valence-electron chi connectivity index (χ3n) is 5.68. The third-order valence-corrected chi connectivity index (χ3v) is 5.68. The maximum absolute atomic E-state index is 13.3. The fourth-order valence-corrected chi connectivity index (χ4v) is 3.83. The Morgan fingerprint density at radius 3 is 2.31 bits per heavy atom. The molecule has 1 unspecified atom stereocenters. The Morgan fingerprint density at radius 2 is 1.72 bits per heavy atom. The molecule has 2 fully saturated rings. The Balaban J connectivity index is 1.47. The molecule has 2 aromatic rings. The lowest BCUT2D eigenvalue weighted by molar-refractivity contribution is -0.137. The number of carbonyl (C=O) groups is 3. The van der Waals surface area contributed by atoms with Gasteiger partial charge in [-0.3, -0.25) is 14.4 Å². The molecule has 0 aromatic heterocycles. The van der Waals surface area contributed by atoms with E-state index in [9.17, 15) is 14.4 Å². The number of aryl methyl sites for hydroxylation is 1. The van der Waals surface area contributed by atoms with E-state index in [2.05, 4.69) is 0 Å². The summed E-state index contributed by atoms with van der Waals surface area (Å²) < 4.78 is 0. The maximum Gasteiger partial charge on any atom is 0.248 e. The molecule has 0 bridgehead atoms. The van der Waals surface area contributed by atoms with E-state index in [1.54, 1.807) is 17.0 Å². The lowest BCUT2D eigenvalue weighted by Gasteiger charge is -2.26. The molecule has 150 valence electrons. The number of nitrogens with zero attached hydrogens (tertiary/aromatic N) is 2. The molecular weight excluding hydrogens is 366 g/mol. The van der Waals surface area contributed by atoms with Crippen LogP contribution in [0.2, 0.25) is 0 Å². The minimum Gasteiger partial charge on any atom is -0.366 e. The van der Waals surface area contributed by atoms with E-state index in [0.29, 0.717) is 18.7 Å². The number of nitrogens with two attached hydrogens (primary N) is 1. The van der Waals surface area contributed by atoms with Gasteiger partial charge in [-0.05, 0) is 49.6 Å². The normalized spacial score (nSPS) is 18.7. The van der Waals surface area contributed by atoms with Crippen molar-refractivity contribution in [3.63, 3.8) is 0 Å². The lowest BCUT2D eigenvalue weighted by atomic mass is 10.1. The average Bonchev–Trinajstić information content (AvgIpc) is 3.48. The summed E-state index contributed by atoms with van der Waals surface area (Å²) in [5, 5.41) is 0. The Bertz CT molecular complexity index is 933. The van der Waals surface area contributed by atoms with Gasteiger partial charge >= 0.3 is 0 Å². The van der Waals surface area contributed by atoms with Gasteiger partial charge in [0.25, 0.3) is 0 Å². The van der Waals surface area contributed by atoms with Crippen LogP contribution < -0.4 is 10.6 Å². The number of rotatable bonds is 6. The zero-order valence-electron chi connectivity index (χ0n) is 16.5. The molecule has 1 atom stereocenters. The number of anilines is 1. The van der Waals surface area contributed by atoms with Crippen LogP contribution in [0.3, 0.4) is 0 Å². The van der Waals surface area contributed by atoms with Gasteiger partial charge in [-0.25, -0.2) is 0 Å². The van der Waals surface area contributed by atoms with Gasteiger partial charge in [-0.15, -0.1) is 0 Å². The molecule has 29 heavy (non-hydrogen) atoms. The molecule has 1 aliphatic heterocycles. The van der Waals surface area contributed by atoms with Gasteiger partial charge in [-0.2, -0.15) is 0 Å². The van der Waals surface area contributed by atoms with Crippen molar-refractivity contribution in [1.29, 1.82) is 0 Å². The summed E-state index contributed by atoms with van der Waals surface area (Å²) >= 11 is 0. The van der Waals surface area contributed by atoms with Gasteiger partial charge in [0.1, 0.15) is 0 Å². The summed E-state index contributed by atoms with van der Waals surface area (Å²) in [5.41, 5.74) is 8.68. The van der Waals surface area contributed by atoms with Crippen molar-refractivity contribution in [3.05, 3.63) is 65.2 Å². The molecule has 2 aromatic carbocycles. The van der Waals surface area contributed by atoms with E-state index in [-0.39, 0.29) is 30.2 Å². The van der Waals surface area contributed by atoms with Crippen molar-refractivity contribution in [2.24, 2.45) is 11.7 Å². The average molecular weight is 391 g/mol. The SMILES string of the molecule is Cc1ccc(N2CC(C(=O)N(Cc3ccc(C(N)=O)cc3)C3CC3)CC2=O)cc1. The highest BCUT2D eigenvalue weighted by atomic mass is 16.2. The molecule has 2 aliphatic rings. The molecule has 3 amide bonds. The fraction of sp³-hybridized carbons (Fsp3) is 0.348. The van der Waals surface area contributed by atoms with Crippen LogP contribution in [-0.2, 0) is 16.1 Å². The summed E-state index contributed by atoms with van der Waals surface area (Å²) in [6.45, 7) is 2.91. The number of benzene rings is 2. The standard InChI is InChI=1S/C23H25N3O3/c1-15-2-8-19(9-3-15)25-14-18(12-21(25)27)23(29)26(20-10-11-20)13-16-4-6-17(7-5-16)22(24)28/h2-9,18,20H,10-14H2,1H3,(H2,24,28). The van der Waals surface area contributed by atoms with Gasteiger partial charge in [0, 0.05) is 36.8 Å². The fourth-order valence-electron chi connectivity index (χ4n) is 3.83. The van der Waals surface area contributed by atoms with Gasteiger partial charge in [0.2, 0.25) is 17.7 Å². The largest absolute Gasteiger partial charge is 0.366 e. The van der Waals surface area contributed by atoms with Crippen molar-refractivity contribution < 1.29 is 14.4 Å². The molecule has 0 spiro atoms. The topological polar surface area (TPSA) is 83.7 Å². The molecule has 1 saturated heterocycles. The zero-order chi connectivity index (χ0) is 20.5. The molecule has 4 rings (SSSR count). The van der Waals surface area contributed by atoms with E-state index in [0.717, 1.165) is 29.7 Å². The molecule has 2 N–H and O–H groups in total. The Morgan fingerprint density at radius 1 is 1.07 bits per heavy atom. The van der Waals surface area contributed by atoms with Crippen molar-refractivity contribution in [3.8, 4) is 0 Å². The molecule has 0 radical (unpaired) electrons. The van der Waals surface area contributed by atoms with Crippen LogP contribution >= 0.6 is 0 Å². The number of hydrogen-bond acceptors (Lipinski definition) is 3. The van der Waals surface area contributed by atoms with Gasteiger partial charge in [-0.1, -0.05) is 29.8 Å². The van der Waals surface area contributed by atoms with Crippen LogP contribution in [-0.4, -0.2) is 35.2 Å². The second kappa shape index (κ2) is 7.70. The van der Waals surface area contributed by atoms with Crippen LogP contribution in [0.25, 0.3) is 0 Å². The van der Waals surface area contributed by atoms with E-state index in [1.807, 2.05) is 48.2 Å². The van der Waals surface area contributed by atoms with Gasteiger partial charge in [0.15, 0.2) is 0 Å². The molecular formula is C23H25N3O3. The van der Waals surface area contributed by atoms with Crippen molar-refractivity contribution >= 4 is 23.4 Å². The highest BCUT2D eigenvalue weighted by molar-refractivity contribution is 6.00. The van der Waals surface area contributed by atoms with Crippen LogP contribution in [0, 0.1) is 12.8 Å². The van der Waals surface area contributed by atoms with E-state index in [1.165, 1.54) is 0 Å². The quantitative estimate of drug-likeness (QED) is 0.822. The van der Waals surface area contributed by atoms with E-state index in [4.69, 9.17) is 5.73 Å². The van der Waals surface area contributed by atoms with Crippen LogP contribution in [0.1, 0.15) is 40.7 Å². The van der Waals surface area contributed by atoms with Crippen LogP contribution in [0.5, 0.6) is 0 Å². The molecule has 1 heterocycles. The predicted molar refractivity (Wildman–Crippen MR) is 110 cm³/mol. The first kappa shape index (κ1) is 19.2. The maximum atomic E-state index is 13.3. The first-order valence-electron chi connectivity index (χ1n) is 9.98. The lowest BCUT2D eigenvalue weighted by Crippen LogP contribution is -2.38. The zero-order valence-corrected chi connectivity index (χ0v) is 16.5. The first-order valence-corrected chi connectivity index (χ1v) is 9.98. The molecule has 1 saturated carbocycles. The third kappa shape index (κ3) is 4.16. The van der Waals surface area contributed by atoms with Gasteiger partial charge in [0.05, 0.1) is 5.92 Å². The Kier molecular flexibility index (Phi) is 5.09. The number of primary amides is 1. The Labute approximate surface area is 170 Å². The number of amides is 3. The van der Waals surface area contributed by atoms with Crippen molar-refractivity contribution in [1.82, 2.24) is 4.90 Å². The monoisotopic (exact) mass is 391 g/mol. The summed E-state index contributed by atoms with van der Waals surface area (Å²) in [5.74, 6) is -0.759. The first-order chi connectivity index (χ1) is 13.9. The van der Waals surface area contributed by atoms with Crippen molar-refractivity contribution in [2.45, 2.75) is 38.8 Å². The van der Waals surface area contributed by atoms with Crippen LogP contribution in [0.15, 0.2) is 48.5 Å².